The second-order valence-corrected chi connectivity index (χ2v) is 7.97. The van der Waals surface area contributed by atoms with E-state index in [1.807, 2.05) is 52.0 Å². The minimum Gasteiger partial charge on any atom is -0.493 e. The number of nitrogens with zero attached hydrogens (tertiary/aromatic N) is 6. The van der Waals surface area contributed by atoms with E-state index in [4.69, 9.17) is 4.74 Å². The minimum atomic E-state index is -0.282. The number of pyridine rings is 1. The summed E-state index contributed by atoms with van der Waals surface area (Å²) in [7, 11) is 0. The molecular formula is C24H25N7O2. The summed E-state index contributed by atoms with van der Waals surface area (Å²) < 4.78 is 9.90. The van der Waals surface area contributed by atoms with Crippen molar-refractivity contribution in [2.24, 2.45) is 0 Å². The fourth-order valence-corrected chi connectivity index (χ4v) is 3.87. The summed E-state index contributed by atoms with van der Waals surface area (Å²) in [4.78, 5) is 17.9. The van der Waals surface area contributed by atoms with Gasteiger partial charge in [-0.1, -0.05) is 19.1 Å². The Morgan fingerprint density at radius 3 is 3.00 bits per heavy atom. The van der Waals surface area contributed by atoms with Crippen molar-refractivity contribution in [3.05, 3.63) is 60.7 Å². The van der Waals surface area contributed by atoms with Gasteiger partial charge in [0.2, 0.25) is 0 Å². The van der Waals surface area contributed by atoms with Crippen molar-refractivity contribution < 1.29 is 9.53 Å². The molecule has 1 aliphatic heterocycles. The SMILES string of the molecule is CCCn1cc(-c2ccc3c(c2)C(=O)Nc2cccc(n2)-c2nncn2CCCCO3)cn1. The minimum absolute atomic E-state index is 0.282. The van der Waals surface area contributed by atoms with E-state index in [2.05, 4.69) is 32.5 Å². The summed E-state index contributed by atoms with van der Waals surface area (Å²) in [6, 6.07) is 11.1. The van der Waals surface area contributed by atoms with E-state index in [0.29, 0.717) is 35.3 Å². The van der Waals surface area contributed by atoms with Gasteiger partial charge in [0.25, 0.3) is 5.91 Å². The maximum Gasteiger partial charge on any atom is 0.260 e. The van der Waals surface area contributed by atoms with Crippen molar-refractivity contribution in [1.82, 2.24) is 29.5 Å². The van der Waals surface area contributed by atoms with Gasteiger partial charge < -0.3 is 14.6 Å². The number of aryl methyl sites for hydroxylation is 2. The van der Waals surface area contributed by atoms with Crippen LogP contribution in [-0.2, 0) is 13.1 Å². The second kappa shape index (κ2) is 9.23. The largest absolute Gasteiger partial charge is 0.493 e. The molecule has 0 spiro atoms. The number of anilines is 1. The standard InChI is InChI=1S/C24H25N7O2/c1-2-10-31-15-18(14-26-31)17-8-9-21-19(13-17)24(32)28-22-7-5-6-20(27-22)23-29-25-16-30(23)11-3-4-12-33-21/h5-9,13-16H,2-4,10-12H2,1H3,(H,27,28,32). The monoisotopic (exact) mass is 443 g/mol. The lowest BCUT2D eigenvalue weighted by Gasteiger charge is -2.14. The quantitative estimate of drug-likeness (QED) is 0.513. The molecule has 0 saturated heterocycles. The molecule has 2 bridgehead atoms. The number of ether oxygens (including phenoxy) is 1. The highest BCUT2D eigenvalue weighted by Gasteiger charge is 2.18. The van der Waals surface area contributed by atoms with Crippen LogP contribution in [-0.4, -0.2) is 42.0 Å². The number of fused-ring (bicyclic) bond motifs is 5. The molecule has 0 radical (unpaired) electrons. The number of carbonyl (C=O) groups is 1. The van der Waals surface area contributed by atoms with Crippen LogP contribution in [0.5, 0.6) is 5.75 Å². The van der Waals surface area contributed by atoms with Gasteiger partial charge in [-0.15, -0.1) is 10.2 Å². The van der Waals surface area contributed by atoms with Gasteiger partial charge in [0, 0.05) is 24.8 Å². The lowest BCUT2D eigenvalue weighted by molar-refractivity contribution is 0.102. The van der Waals surface area contributed by atoms with Crippen LogP contribution >= 0.6 is 0 Å². The highest BCUT2D eigenvalue weighted by molar-refractivity contribution is 6.06. The third-order valence-corrected chi connectivity index (χ3v) is 5.53. The Bertz CT molecular complexity index is 1280. The van der Waals surface area contributed by atoms with Crippen LogP contribution in [0.1, 0.15) is 36.5 Å². The number of aromatic nitrogens is 6. The molecule has 4 heterocycles. The molecule has 0 saturated carbocycles. The van der Waals surface area contributed by atoms with Crippen LogP contribution in [0.4, 0.5) is 5.82 Å². The average Bonchev–Trinajstić information content (AvgIpc) is 3.49. The van der Waals surface area contributed by atoms with Crippen molar-refractivity contribution in [1.29, 1.82) is 0 Å². The predicted octanol–water partition coefficient (Wildman–Crippen LogP) is 4.04. The molecule has 4 aromatic rings. The van der Waals surface area contributed by atoms with Crippen LogP contribution in [0.25, 0.3) is 22.6 Å². The number of hydrogen-bond donors (Lipinski definition) is 1. The van der Waals surface area contributed by atoms with Gasteiger partial charge in [-0.3, -0.25) is 9.48 Å². The zero-order valence-corrected chi connectivity index (χ0v) is 18.4. The first-order valence-electron chi connectivity index (χ1n) is 11.2. The summed E-state index contributed by atoms with van der Waals surface area (Å²) in [5.74, 6) is 1.39. The fourth-order valence-electron chi connectivity index (χ4n) is 3.87. The van der Waals surface area contributed by atoms with Crippen molar-refractivity contribution in [3.63, 3.8) is 0 Å². The summed E-state index contributed by atoms with van der Waals surface area (Å²) in [5, 5.41) is 15.6. The Morgan fingerprint density at radius 1 is 1.15 bits per heavy atom. The first kappa shape index (κ1) is 20.9. The lowest BCUT2D eigenvalue weighted by atomic mass is 10.0. The lowest BCUT2D eigenvalue weighted by Crippen LogP contribution is -2.16. The van der Waals surface area contributed by atoms with Gasteiger partial charge in [0.15, 0.2) is 5.82 Å². The molecule has 1 aliphatic rings. The summed E-state index contributed by atoms with van der Waals surface area (Å²) in [6.07, 6.45) is 8.24. The van der Waals surface area contributed by atoms with Crippen LogP contribution < -0.4 is 10.1 Å². The van der Waals surface area contributed by atoms with Gasteiger partial charge in [0.1, 0.15) is 23.6 Å². The molecule has 33 heavy (non-hydrogen) atoms. The van der Waals surface area contributed by atoms with Crippen LogP contribution in [0, 0.1) is 0 Å². The molecular weight excluding hydrogens is 418 g/mol. The van der Waals surface area contributed by atoms with E-state index in [0.717, 1.165) is 43.5 Å². The Hall–Kier alpha value is -4.01. The molecule has 0 fully saturated rings. The topological polar surface area (TPSA) is 99.8 Å². The normalized spacial score (nSPS) is 13.9. The maximum absolute atomic E-state index is 13.3. The molecule has 3 aromatic heterocycles. The van der Waals surface area contributed by atoms with Gasteiger partial charge in [0.05, 0.1) is 18.4 Å². The van der Waals surface area contributed by atoms with E-state index in [9.17, 15) is 4.79 Å². The van der Waals surface area contributed by atoms with E-state index in [1.165, 1.54) is 0 Å². The van der Waals surface area contributed by atoms with Crippen LogP contribution in [0.2, 0.25) is 0 Å². The molecule has 5 rings (SSSR count). The highest BCUT2D eigenvalue weighted by atomic mass is 16.5. The van der Waals surface area contributed by atoms with Crippen LogP contribution in [0.15, 0.2) is 55.1 Å². The highest BCUT2D eigenvalue weighted by Crippen LogP contribution is 2.28. The van der Waals surface area contributed by atoms with E-state index >= 15 is 0 Å². The number of benzene rings is 1. The summed E-state index contributed by atoms with van der Waals surface area (Å²) in [5.41, 5.74) is 2.99. The average molecular weight is 444 g/mol. The second-order valence-electron chi connectivity index (χ2n) is 7.97. The number of carbonyl (C=O) groups excluding carboxylic acids is 1. The Balaban J connectivity index is 1.50. The predicted molar refractivity (Wildman–Crippen MR) is 124 cm³/mol. The summed E-state index contributed by atoms with van der Waals surface area (Å²) in [6.45, 7) is 4.23. The third kappa shape index (κ3) is 4.48. The molecule has 9 nitrogen and oxygen atoms in total. The number of hydrogen-bond acceptors (Lipinski definition) is 6. The van der Waals surface area contributed by atoms with E-state index in [1.54, 1.807) is 12.4 Å². The Morgan fingerprint density at radius 2 is 2.09 bits per heavy atom. The zero-order valence-electron chi connectivity index (χ0n) is 18.4. The van der Waals surface area contributed by atoms with E-state index in [-0.39, 0.29) is 5.91 Å². The third-order valence-electron chi connectivity index (χ3n) is 5.53. The van der Waals surface area contributed by atoms with Crippen LogP contribution in [0.3, 0.4) is 0 Å². The fraction of sp³-hybridized carbons (Fsp3) is 0.292. The zero-order chi connectivity index (χ0) is 22.6. The smallest absolute Gasteiger partial charge is 0.260 e. The molecule has 168 valence electrons. The van der Waals surface area contributed by atoms with E-state index < -0.39 is 0 Å². The van der Waals surface area contributed by atoms with Gasteiger partial charge in [-0.25, -0.2) is 4.98 Å². The van der Waals surface area contributed by atoms with Gasteiger partial charge in [-0.05, 0) is 49.1 Å². The molecule has 0 atom stereocenters. The number of amides is 1. The molecule has 1 N–H and O–H groups in total. The maximum atomic E-state index is 13.3. The molecule has 1 aromatic carbocycles. The van der Waals surface area contributed by atoms with Crippen molar-refractivity contribution in [2.75, 3.05) is 11.9 Å². The number of rotatable bonds is 3. The molecule has 0 aliphatic carbocycles. The van der Waals surface area contributed by atoms with Crippen molar-refractivity contribution >= 4 is 11.7 Å². The Labute approximate surface area is 191 Å². The molecule has 9 heteroatoms. The Kier molecular flexibility index (Phi) is 5.84. The van der Waals surface area contributed by atoms with Gasteiger partial charge in [-0.2, -0.15) is 5.10 Å². The number of nitrogens with one attached hydrogen (secondary N) is 1. The first-order chi connectivity index (χ1) is 16.2. The van der Waals surface area contributed by atoms with Crippen molar-refractivity contribution in [2.45, 2.75) is 39.3 Å². The molecule has 1 amide bonds. The van der Waals surface area contributed by atoms with Gasteiger partial charge >= 0.3 is 0 Å². The molecule has 0 unspecified atom stereocenters. The summed E-state index contributed by atoms with van der Waals surface area (Å²) >= 11 is 0. The first-order valence-corrected chi connectivity index (χ1v) is 11.2. The van der Waals surface area contributed by atoms with Crippen molar-refractivity contribution in [3.8, 4) is 28.4 Å².